The summed E-state index contributed by atoms with van der Waals surface area (Å²) in [5, 5.41) is 12.0. The van der Waals surface area contributed by atoms with Crippen LogP contribution in [0.2, 0.25) is 0 Å². The number of rotatable bonds is 4. The van der Waals surface area contributed by atoms with Gasteiger partial charge in [0.25, 0.3) is 0 Å². The van der Waals surface area contributed by atoms with Crippen LogP contribution in [0.4, 0.5) is 10.1 Å². The first-order valence-electron chi connectivity index (χ1n) is 12.0. The summed E-state index contributed by atoms with van der Waals surface area (Å²) >= 11 is 0. The molecule has 2 heterocycles. The maximum absolute atomic E-state index is 14.2. The Morgan fingerprint density at radius 2 is 1.85 bits per heavy atom. The van der Waals surface area contributed by atoms with E-state index in [0.717, 1.165) is 40.7 Å². The fourth-order valence-electron chi connectivity index (χ4n) is 4.42. The molecule has 0 radical (unpaired) electrons. The summed E-state index contributed by atoms with van der Waals surface area (Å²) in [7, 11) is 0. The molecule has 4 rings (SSSR count). The van der Waals surface area contributed by atoms with Crippen molar-refractivity contribution in [2.75, 3.05) is 18.5 Å². The number of nitrogens with one attached hydrogen (secondary N) is 2. The summed E-state index contributed by atoms with van der Waals surface area (Å²) in [5.41, 5.74) is 4.59. The van der Waals surface area contributed by atoms with Crippen LogP contribution in [0, 0.1) is 23.6 Å². The number of benzene rings is 2. The molecule has 1 aliphatic heterocycles. The lowest BCUT2D eigenvalue weighted by atomic mass is 9.93. The maximum atomic E-state index is 14.2. The van der Waals surface area contributed by atoms with Crippen molar-refractivity contribution in [2.45, 2.75) is 60.3 Å². The molecule has 5 nitrogen and oxygen atoms in total. The van der Waals surface area contributed by atoms with Crippen molar-refractivity contribution >= 4 is 28.7 Å². The first-order chi connectivity index (χ1) is 16.2. The van der Waals surface area contributed by atoms with Gasteiger partial charge in [0.2, 0.25) is 5.91 Å². The van der Waals surface area contributed by atoms with E-state index in [1.54, 1.807) is 12.1 Å². The molecule has 3 aromatic rings. The standard InChI is InChI=1S/C26H30FN3O2.C2H6/c1-16-21-14-22(29-25(31)26(2,3)4)18(15-28)12-23(21)30(20-7-5-6-19(27)13-20)24(16)17-8-10-32-11-9-17;1-2/h5-7,12-15,17,28H,8-11H2,1-4H3,(H,29,31);1-2H3. The van der Waals surface area contributed by atoms with Gasteiger partial charge < -0.3 is 20.0 Å². The maximum Gasteiger partial charge on any atom is 0.229 e. The normalized spacial score (nSPS) is 14.4. The van der Waals surface area contributed by atoms with Gasteiger partial charge in [-0.25, -0.2) is 4.39 Å². The quantitative estimate of drug-likeness (QED) is 0.408. The number of amides is 1. The minimum atomic E-state index is -0.552. The Balaban J connectivity index is 0.00000158. The first kappa shape index (κ1) is 25.6. The number of carbonyl (C=O) groups is 1. The van der Waals surface area contributed by atoms with Crippen molar-refractivity contribution in [3.8, 4) is 5.69 Å². The minimum absolute atomic E-state index is 0.105. The van der Waals surface area contributed by atoms with Gasteiger partial charge in [-0.1, -0.05) is 40.7 Å². The molecule has 1 aliphatic rings. The number of halogens is 1. The van der Waals surface area contributed by atoms with E-state index in [0.29, 0.717) is 24.5 Å². The zero-order valence-electron chi connectivity index (χ0n) is 21.1. The smallest absolute Gasteiger partial charge is 0.229 e. The molecule has 1 fully saturated rings. The highest BCUT2D eigenvalue weighted by Gasteiger charge is 2.27. The lowest BCUT2D eigenvalue weighted by Gasteiger charge is -2.25. The molecule has 2 N–H and O–H groups in total. The Bertz CT molecular complexity index is 1180. The summed E-state index contributed by atoms with van der Waals surface area (Å²) in [6.07, 6.45) is 3.05. The third-order valence-electron chi connectivity index (χ3n) is 6.20. The predicted octanol–water partition coefficient (Wildman–Crippen LogP) is 6.98. The zero-order chi connectivity index (χ0) is 25.0. The molecule has 6 heteroatoms. The average Bonchev–Trinajstić information content (AvgIpc) is 3.11. The number of anilines is 1. The number of nitrogens with zero attached hydrogens (tertiary/aromatic N) is 1. The summed E-state index contributed by atoms with van der Waals surface area (Å²) < 4.78 is 21.9. The number of aryl methyl sites for hydroxylation is 1. The van der Waals surface area contributed by atoms with Crippen LogP contribution in [0.5, 0.6) is 0 Å². The SMILES string of the molecule is CC.Cc1c(C2CCOCC2)n(-c2cccc(F)c2)c2cc(C=N)c(NC(=O)C(C)(C)C)cc12. The van der Waals surface area contributed by atoms with Crippen molar-refractivity contribution in [1.29, 1.82) is 5.41 Å². The van der Waals surface area contributed by atoms with Crippen LogP contribution in [-0.2, 0) is 9.53 Å². The highest BCUT2D eigenvalue weighted by Crippen LogP contribution is 2.39. The molecule has 0 spiro atoms. The van der Waals surface area contributed by atoms with Gasteiger partial charge >= 0.3 is 0 Å². The molecular formula is C28H36FN3O2. The van der Waals surface area contributed by atoms with Crippen LogP contribution in [0.25, 0.3) is 16.6 Å². The molecule has 0 saturated carbocycles. The van der Waals surface area contributed by atoms with Crippen LogP contribution in [0.3, 0.4) is 0 Å². The third-order valence-corrected chi connectivity index (χ3v) is 6.20. The first-order valence-corrected chi connectivity index (χ1v) is 12.0. The zero-order valence-corrected chi connectivity index (χ0v) is 21.1. The molecule has 1 amide bonds. The van der Waals surface area contributed by atoms with Crippen LogP contribution in [0.1, 0.15) is 70.2 Å². The molecule has 1 saturated heterocycles. The second-order valence-corrected chi connectivity index (χ2v) is 9.52. The Hall–Kier alpha value is -2.99. The van der Waals surface area contributed by atoms with E-state index in [2.05, 4.69) is 16.8 Å². The van der Waals surface area contributed by atoms with Gasteiger partial charge in [-0.05, 0) is 55.7 Å². The van der Waals surface area contributed by atoms with Gasteiger partial charge in [-0.2, -0.15) is 0 Å². The second-order valence-electron chi connectivity index (χ2n) is 9.52. The molecular weight excluding hydrogens is 429 g/mol. The largest absolute Gasteiger partial charge is 0.381 e. The molecule has 0 atom stereocenters. The highest BCUT2D eigenvalue weighted by molar-refractivity contribution is 6.04. The Kier molecular flexibility index (Phi) is 7.93. The summed E-state index contributed by atoms with van der Waals surface area (Å²) in [5.74, 6) is -0.108. The van der Waals surface area contributed by atoms with Crippen molar-refractivity contribution < 1.29 is 13.9 Å². The topological polar surface area (TPSA) is 67.1 Å². The van der Waals surface area contributed by atoms with E-state index in [-0.39, 0.29) is 17.6 Å². The van der Waals surface area contributed by atoms with E-state index in [1.807, 2.05) is 52.8 Å². The molecule has 0 aliphatic carbocycles. The Labute approximate surface area is 201 Å². The van der Waals surface area contributed by atoms with Crippen LogP contribution >= 0.6 is 0 Å². The van der Waals surface area contributed by atoms with E-state index < -0.39 is 5.41 Å². The molecule has 0 bridgehead atoms. The van der Waals surface area contributed by atoms with Gasteiger partial charge in [-0.15, -0.1) is 0 Å². The van der Waals surface area contributed by atoms with E-state index in [4.69, 9.17) is 10.1 Å². The summed E-state index contributed by atoms with van der Waals surface area (Å²) in [6.45, 7) is 13.1. The van der Waals surface area contributed by atoms with Crippen LogP contribution in [-0.4, -0.2) is 29.9 Å². The average molecular weight is 466 g/mol. The van der Waals surface area contributed by atoms with E-state index in [9.17, 15) is 9.18 Å². The lowest BCUT2D eigenvalue weighted by Crippen LogP contribution is -2.28. The van der Waals surface area contributed by atoms with E-state index >= 15 is 0 Å². The molecule has 0 unspecified atom stereocenters. The number of fused-ring (bicyclic) bond motifs is 1. The third kappa shape index (κ3) is 5.07. The predicted molar refractivity (Wildman–Crippen MR) is 138 cm³/mol. The fraction of sp³-hybridized carbons (Fsp3) is 0.429. The number of hydrogen-bond donors (Lipinski definition) is 2. The van der Waals surface area contributed by atoms with Gasteiger partial charge in [0.05, 0.1) is 11.2 Å². The van der Waals surface area contributed by atoms with Crippen LogP contribution < -0.4 is 5.32 Å². The number of ether oxygens (including phenoxy) is 1. The highest BCUT2D eigenvalue weighted by atomic mass is 19.1. The minimum Gasteiger partial charge on any atom is -0.381 e. The Morgan fingerprint density at radius 3 is 2.44 bits per heavy atom. The van der Waals surface area contributed by atoms with Gasteiger partial charge in [0, 0.05) is 53.1 Å². The van der Waals surface area contributed by atoms with Crippen molar-refractivity contribution in [1.82, 2.24) is 4.57 Å². The van der Waals surface area contributed by atoms with Crippen LogP contribution in [0.15, 0.2) is 36.4 Å². The second kappa shape index (κ2) is 10.5. The Morgan fingerprint density at radius 1 is 1.18 bits per heavy atom. The van der Waals surface area contributed by atoms with Gasteiger partial charge in [0.1, 0.15) is 5.82 Å². The molecule has 34 heavy (non-hydrogen) atoms. The van der Waals surface area contributed by atoms with E-state index in [1.165, 1.54) is 12.3 Å². The number of aromatic nitrogens is 1. The lowest BCUT2D eigenvalue weighted by molar-refractivity contribution is -0.123. The van der Waals surface area contributed by atoms with Gasteiger partial charge in [-0.3, -0.25) is 4.79 Å². The molecule has 182 valence electrons. The fourth-order valence-corrected chi connectivity index (χ4v) is 4.42. The summed E-state index contributed by atoms with van der Waals surface area (Å²) in [4.78, 5) is 12.7. The van der Waals surface area contributed by atoms with Crippen molar-refractivity contribution in [3.63, 3.8) is 0 Å². The molecule has 1 aromatic heterocycles. The van der Waals surface area contributed by atoms with Crippen molar-refractivity contribution in [3.05, 3.63) is 59.0 Å². The van der Waals surface area contributed by atoms with Gasteiger partial charge in [0.15, 0.2) is 0 Å². The summed E-state index contributed by atoms with van der Waals surface area (Å²) in [6, 6.07) is 10.5. The number of hydrogen-bond acceptors (Lipinski definition) is 3. The van der Waals surface area contributed by atoms with Crippen molar-refractivity contribution in [2.24, 2.45) is 5.41 Å². The molecule has 2 aromatic carbocycles. The monoisotopic (exact) mass is 465 g/mol. The number of carbonyl (C=O) groups excluding carboxylic acids is 1.